The molecule has 4 aliphatic heterocycles. The van der Waals surface area contributed by atoms with Crippen LogP contribution in [0.1, 0.15) is 51.2 Å². The number of amides is 2. The maximum atomic E-state index is 15.1. The van der Waals surface area contributed by atoms with Gasteiger partial charge in [-0.25, -0.2) is 9.18 Å². The van der Waals surface area contributed by atoms with Gasteiger partial charge in [-0.15, -0.1) is 5.10 Å². The van der Waals surface area contributed by atoms with Gasteiger partial charge in [-0.3, -0.25) is 10.0 Å². The molecule has 13 heteroatoms. The molecule has 9 nitrogen and oxygen atoms in total. The summed E-state index contributed by atoms with van der Waals surface area (Å²) in [4.78, 5) is 23.5. The third kappa shape index (κ3) is 4.25. The van der Waals surface area contributed by atoms with Gasteiger partial charge in [0.2, 0.25) is 12.1 Å². The van der Waals surface area contributed by atoms with Crippen molar-refractivity contribution in [2.75, 3.05) is 26.0 Å². The smallest absolute Gasteiger partial charge is 0.417 e. The number of hydrogen-bond donors (Lipinski definition) is 1. The minimum Gasteiger partial charge on any atom is -0.484 e. The number of carbonyl (C=O) groups is 1. The van der Waals surface area contributed by atoms with Crippen LogP contribution < -0.4 is 5.32 Å². The van der Waals surface area contributed by atoms with Crippen LogP contribution in [0.2, 0.25) is 0 Å². The number of hydrazone groups is 1. The van der Waals surface area contributed by atoms with Crippen LogP contribution in [0, 0.1) is 17.7 Å². The fourth-order valence-corrected chi connectivity index (χ4v) is 6.26. The van der Waals surface area contributed by atoms with E-state index in [2.05, 4.69) is 27.3 Å². The number of halogens is 4. The summed E-state index contributed by atoms with van der Waals surface area (Å²) in [5.74, 6) is -0.638. The highest BCUT2D eigenvalue weighted by atomic mass is 19.4. The summed E-state index contributed by atoms with van der Waals surface area (Å²) in [5.41, 5.74) is -2.77. The molecule has 2 saturated heterocycles. The Hall–Kier alpha value is -3.38. The fraction of sp³-hybridized carbons (Fsp3) is 0.600. The van der Waals surface area contributed by atoms with Crippen molar-refractivity contribution >= 4 is 29.3 Å². The Balaban J connectivity index is 1.48. The molecule has 206 valence electrons. The highest BCUT2D eigenvalue weighted by molar-refractivity contribution is 6.09. The highest BCUT2D eigenvalue weighted by Crippen LogP contribution is 2.53. The van der Waals surface area contributed by atoms with Crippen LogP contribution in [0.15, 0.2) is 27.2 Å². The lowest BCUT2D eigenvalue weighted by Crippen LogP contribution is -2.78. The number of nitrogens with one attached hydrogen (secondary N) is 1. The second-order valence-corrected chi connectivity index (χ2v) is 10.6. The Kier molecular flexibility index (Phi) is 6.30. The number of hydrogen-bond acceptors (Lipinski definition) is 7. The van der Waals surface area contributed by atoms with E-state index >= 15 is 4.39 Å². The number of piperidine rings is 1. The van der Waals surface area contributed by atoms with Crippen LogP contribution >= 0.6 is 0 Å². The topological polar surface area (TPSA) is 91.1 Å². The van der Waals surface area contributed by atoms with Gasteiger partial charge in [0.15, 0.2) is 11.7 Å². The van der Waals surface area contributed by atoms with E-state index in [1.807, 2.05) is 0 Å². The summed E-state index contributed by atoms with van der Waals surface area (Å²) in [7, 11) is 3.14. The van der Waals surface area contributed by atoms with E-state index in [0.29, 0.717) is 30.7 Å². The Labute approximate surface area is 217 Å². The zero-order valence-corrected chi connectivity index (χ0v) is 21.8. The van der Waals surface area contributed by atoms with Crippen LogP contribution in [-0.4, -0.2) is 72.1 Å². The molecule has 0 saturated carbocycles. The number of anilines is 1. The standard InChI is InChI=1S/C25H30F4N6O3/c1-12-6-15-10-24(9-12,22-34(4)33-14(3)38-22)35(15)23(36)31-19-7-16(17(8-18(19)26)25(27,28)29)20-30-11-13(2)21(32-20)37-5/h7-8,12-13,15,22H,6,9-11H2,1-5H3,(H,31,36). The molecule has 5 rings (SSSR count). The molecule has 4 heterocycles. The Morgan fingerprint density at radius 3 is 2.63 bits per heavy atom. The second kappa shape index (κ2) is 9.12. The van der Waals surface area contributed by atoms with E-state index in [1.54, 1.807) is 30.8 Å². The van der Waals surface area contributed by atoms with Crippen molar-refractivity contribution < 1.29 is 31.8 Å². The summed E-state index contributed by atoms with van der Waals surface area (Å²) in [6, 6.07) is 0.594. The SMILES string of the molecule is COC1=NC(c2cc(NC(=O)N3C4CC(C)CC3(C3OC(C)=NN3C)C4)c(F)cc2C(F)(F)F)=NCC1C. The molecular weight excluding hydrogens is 508 g/mol. The average Bonchev–Trinajstić information content (AvgIpc) is 3.17. The van der Waals surface area contributed by atoms with Crippen molar-refractivity contribution in [3.8, 4) is 0 Å². The van der Waals surface area contributed by atoms with E-state index < -0.39 is 46.6 Å². The van der Waals surface area contributed by atoms with Gasteiger partial charge in [-0.2, -0.15) is 18.2 Å². The molecule has 0 aromatic heterocycles. The molecule has 2 fully saturated rings. The molecule has 0 aliphatic carbocycles. The number of ether oxygens (including phenoxy) is 2. The number of benzene rings is 1. The first-order valence-electron chi connectivity index (χ1n) is 12.5. The van der Waals surface area contributed by atoms with E-state index in [-0.39, 0.29) is 30.2 Å². The van der Waals surface area contributed by atoms with Crippen molar-refractivity contribution in [1.82, 2.24) is 9.91 Å². The van der Waals surface area contributed by atoms with Gasteiger partial charge in [0, 0.05) is 25.6 Å². The summed E-state index contributed by atoms with van der Waals surface area (Å²) >= 11 is 0. The van der Waals surface area contributed by atoms with Crippen LogP contribution in [0.3, 0.4) is 0 Å². The Morgan fingerprint density at radius 1 is 1.26 bits per heavy atom. The molecule has 2 bridgehead atoms. The Bertz CT molecular complexity index is 1250. The summed E-state index contributed by atoms with van der Waals surface area (Å²) in [6.45, 7) is 5.76. The molecule has 4 aliphatic rings. The lowest BCUT2D eigenvalue weighted by atomic mass is 9.63. The largest absolute Gasteiger partial charge is 0.484 e. The van der Waals surface area contributed by atoms with Crippen LogP contribution in [-0.2, 0) is 15.7 Å². The molecule has 1 N–H and O–H groups in total. The van der Waals surface area contributed by atoms with Gasteiger partial charge in [-0.05, 0) is 37.3 Å². The quantitative estimate of drug-likeness (QED) is 0.566. The monoisotopic (exact) mass is 538 g/mol. The van der Waals surface area contributed by atoms with Crippen molar-refractivity contribution in [2.45, 2.75) is 64.0 Å². The van der Waals surface area contributed by atoms with Gasteiger partial charge in [-0.1, -0.05) is 13.8 Å². The normalized spacial score (nSPS) is 30.6. The first-order valence-corrected chi connectivity index (χ1v) is 12.5. The van der Waals surface area contributed by atoms with Crippen molar-refractivity contribution in [1.29, 1.82) is 0 Å². The van der Waals surface area contributed by atoms with E-state index in [1.165, 1.54) is 7.11 Å². The Morgan fingerprint density at radius 2 is 2.00 bits per heavy atom. The maximum absolute atomic E-state index is 15.1. The van der Waals surface area contributed by atoms with Gasteiger partial charge < -0.3 is 19.7 Å². The maximum Gasteiger partial charge on any atom is 0.417 e. The van der Waals surface area contributed by atoms with Crippen LogP contribution in [0.4, 0.5) is 28.0 Å². The number of urea groups is 1. The zero-order valence-electron chi connectivity index (χ0n) is 21.8. The summed E-state index contributed by atoms with van der Waals surface area (Å²) in [6.07, 6.45) is -3.29. The fourth-order valence-electron chi connectivity index (χ4n) is 6.26. The number of carbonyl (C=O) groups excluding carboxylic acids is 1. The number of likely N-dealkylation sites (N-methyl/N-ethyl adjacent to an activating group) is 1. The van der Waals surface area contributed by atoms with Gasteiger partial charge in [0.25, 0.3) is 0 Å². The van der Waals surface area contributed by atoms with E-state index in [4.69, 9.17) is 9.47 Å². The number of aliphatic imine (C=N–C) groups is 2. The number of amidine groups is 1. The van der Waals surface area contributed by atoms with Crippen molar-refractivity contribution in [3.63, 3.8) is 0 Å². The molecule has 0 radical (unpaired) electrons. The molecule has 1 aromatic rings. The van der Waals surface area contributed by atoms with E-state index in [9.17, 15) is 18.0 Å². The molecule has 2 amide bonds. The summed E-state index contributed by atoms with van der Waals surface area (Å²) in [5, 5.41) is 8.51. The molecule has 1 aromatic carbocycles. The number of methoxy groups -OCH3 is 1. The molecule has 38 heavy (non-hydrogen) atoms. The third-order valence-corrected chi connectivity index (χ3v) is 7.67. The first-order chi connectivity index (χ1) is 17.8. The predicted octanol–water partition coefficient (Wildman–Crippen LogP) is 4.68. The van der Waals surface area contributed by atoms with Crippen molar-refractivity contribution in [3.05, 3.63) is 29.1 Å². The van der Waals surface area contributed by atoms with E-state index in [0.717, 1.165) is 12.5 Å². The molecule has 5 unspecified atom stereocenters. The summed E-state index contributed by atoms with van der Waals surface area (Å²) < 4.78 is 67.8. The van der Waals surface area contributed by atoms with Gasteiger partial charge in [0.05, 0.1) is 30.8 Å². The zero-order chi connectivity index (χ0) is 27.6. The second-order valence-electron chi connectivity index (χ2n) is 10.6. The number of fused-ring (bicyclic) bond motifs is 2. The average molecular weight is 539 g/mol. The number of rotatable bonds is 3. The van der Waals surface area contributed by atoms with Crippen molar-refractivity contribution in [2.24, 2.45) is 26.9 Å². The molecule has 0 spiro atoms. The highest BCUT2D eigenvalue weighted by Gasteiger charge is 2.65. The molecular formula is C25H30F4N6O3. The lowest BCUT2D eigenvalue weighted by Gasteiger charge is -2.64. The van der Waals surface area contributed by atoms with Gasteiger partial charge in [0.1, 0.15) is 11.4 Å². The van der Waals surface area contributed by atoms with Gasteiger partial charge >= 0.3 is 12.2 Å². The molecule has 5 atom stereocenters. The van der Waals surface area contributed by atoms with Crippen LogP contribution in [0.25, 0.3) is 0 Å². The van der Waals surface area contributed by atoms with Crippen LogP contribution in [0.5, 0.6) is 0 Å². The number of nitrogens with zero attached hydrogens (tertiary/aromatic N) is 5. The number of alkyl halides is 3. The lowest BCUT2D eigenvalue weighted by molar-refractivity contribution is -0.177. The minimum absolute atomic E-state index is 0.105. The third-order valence-electron chi connectivity index (χ3n) is 7.67. The predicted molar refractivity (Wildman–Crippen MR) is 133 cm³/mol. The first kappa shape index (κ1) is 26.2. The minimum atomic E-state index is -4.87.